The Morgan fingerprint density at radius 3 is 2.65 bits per heavy atom. The number of hydrogen-bond donors (Lipinski definition) is 1. The highest BCUT2D eigenvalue weighted by Crippen LogP contribution is 2.17. The molecule has 1 unspecified atom stereocenters. The molecule has 4 nitrogen and oxygen atoms in total. The molecule has 0 aliphatic rings. The molecule has 1 N–H and O–H groups in total. The van der Waals surface area contributed by atoms with Gasteiger partial charge in [-0.2, -0.15) is 5.26 Å². The maximum absolute atomic E-state index is 10.0. The number of aliphatic hydroxyl groups excluding tert-OH is 1. The van der Waals surface area contributed by atoms with Crippen molar-refractivity contribution in [2.45, 2.75) is 12.5 Å². The summed E-state index contributed by atoms with van der Waals surface area (Å²) < 4.78 is 1.88. The van der Waals surface area contributed by atoms with Gasteiger partial charge < -0.3 is 9.67 Å². The van der Waals surface area contributed by atoms with Crippen LogP contribution < -0.4 is 0 Å². The molecule has 0 spiro atoms. The molecule has 1 aromatic carbocycles. The topological polar surface area (TPSA) is 61.8 Å². The molecule has 0 saturated carbocycles. The van der Waals surface area contributed by atoms with Crippen LogP contribution in [0.15, 0.2) is 36.7 Å². The van der Waals surface area contributed by atoms with Gasteiger partial charge in [0.25, 0.3) is 0 Å². The van der Waals surface area contributed by atoms with E-state index in [4.69, 9.17) is 5.26 Å². The minimum absolute atomic E-state index is 0.468. The van der Waals surface area contributed by atoms with E-state index in [9.17, 15) is 5.11 Å². The molecule has 1 aromatic heterocycles. The number of hydrogen-bond acceptors (Lipinski definition) is 3. The van der Waals surface area contributed by atoms with Crippen molar-refractivity contribution < 1.29 is 5.11 Å². The Kier molecular flexibility index (Phi) is 3.22. The number of nitriles is 1. The fraction of sp³-hybridized carbons (Fsp3) is 0.231. The molecule has 0 bridgehead atoms. The molecule has 17 heavy (non-hydrogen) atoms. The Balaban J connectivity index is 2.12. The van der Waals surface area contributed by atoms with Crippen LogP contribution in [0.3, 0.4) is 0 Å². The van der Waals surface area contributed by atoms with Crippen molar-refractivity contribution in [3.05, 3.63) is 53.6 Å². The van der Waals surface area contributed by atoms with Crippen molar-refractivity contribution in [1.29, 1.82) is 5.26 Å². The number of imidazole rings is 1. The van der Waals surface area contributed by atoms with E-state index in [1.54, 1.807) is 30.5 Å². The van der Waals surface area contributed by atoms with Gasteiger partial charge in [0.2, 0.25) is 0 Å². The van der Waals surface area contributed by atoms with Crippen LogP contribution in [-0.4, -0.2) is 14.7 Å². The van der Waals surface area contributed by atoms with Crippen molar-refractivity contribution in [3.63, 3.8) is 0 Å². The average Bonchev–Trinajstić information content (AvgIpc) is 2.75. The average molecular weight is 227 g/mol. The molecular weight excluding hydrogens is 214 g/mol. The highest BCUT2D eigenvalue weighted by Gasteiger charge is 2.11. The number of aliphatic hydroxyl groups is 1. The molecule has 0 aliphatic heterocycles. The predicted octanol–water partition coefficient (Wildman–Crippen LogP) is 1.57. The fourth-order valence-corrected chi connectivity index (χ4v) is 1.66. The highest BCUT2D eigenvalue weighted by atomic mass is 16.3. The zero-order chi connectivity index (χ0) is 12.3. The third-order valence-corrected chi connectivity index (χ3v) is 2.72. The van der Waals surface area contributed by atoms with E-state index in [2.05, 4.69) is 4.98 Å². The van der Waals surface area contributed by atoms with Crippen LogP contribution in [0.4, 0.5) is 0 Å². The Morgan fingerprint density at radius 2 is 2.12 bits per heavy atom. The number of aromatic nitrogens is 2. The molecule has 0 amide bonds. The SMILES string of the molecule is Cn1ccnc1CC(O)c1ccc(C#N)cc1. The first-order chi connectivity index (χ1) is 8.20. The van der Waals surface area contributed by atoms with Gasteiger partial charge in [0, 0.05) is 25.9 Å². The van der Waals surface area contributed by atoms with E-state index < -0.39 is 6.10 Å². The second kappa shape index (κ2) is 4.81. The third-order valence-electron chi connectivity index (χ3n) is 2.72. The van der Waals surface area contributed by atoms with E-state index in [0.29, 0.717) is 12.0 Å². The number of nitrogens with zero attached hydrogens (tertiary/aromatic N) is 3. The lowest BCUT2D eigenvalue weighted by Crippen LogP contribution is -2.06. The van der Waals surface area contributed by atoms with Crippen LogP contribution in [0.5, 0.6) is 0 Å². The summed E-state index contributed by atoms with van der Waals surface area (Å²) in [4.78, 5) is 4.17. The molecule has 0 saturated heterocycles. The molecule has 0 fully saturated rings. The summed E-state index contributed by atoms with van der Waals surface area (Å²) in [6.07, 6.45) is 3.43. The first-order valence-corrected chi connectivity index (χ1v) is 5.35. The van der Waals surface area contributed by atoms with E-state index in [-0.39, 0.29) is 0 Å². The third kappa shape index (κ3) is 2.52. The summed E-state index contributed by atoms with van der Waals surface area (Å²) >= 11 is 0. The zero-order valence-electron chi connectivity index (χ0n) is 9.54. The lowest BCUT2D eigenvalue weighted by molar-refractivity contribution is 0.175. The Hall–Kier alpha value is -2.12. The lowest BCUT2D eigenvalue weighted by Gasteiger charge is -2.10. The first-order valence-electron chi connectivity index (χ1n) is 5.35. The quantitative estimate of drug-likeness (QED) is 0.865. The van der Waals surface area contributed by atoms with Gasteiger partial charge in [-0.25, -0.2) is 4.98 Å². The lowest BCUT2D eigenvalue weighted by atomic mass is 10.0. The molecule has 1 heterocycles. The largest absolute Gasteiger partial charge is 0.388 e. The molecule has 86 valence electrons. The van der Waals surface area contributed by atoms with E-state index in [1.165, 1.54) is 0 Å². The fourth-order valence-electron chi connectivity index (χ4n) is 1.66. The summed E-state index contributed by atoms with van der Waals surface area (Å²) in [7, 11) is 1.90. The molecular formula is C13H13N3O. The molecule has 0 aliphatic carbocycles. The number of aryl methyl sites for hydroxylation is 1. The summed E-state index contributed by atoms with van der Waals surface area (Å²) in [6.45, 7) is 0. The van der Waals surface area contributed by atoms with Crippen molar-refractivity contribution in [1.82, 2.24) is 9.55 Å². The standard InChI is InChI=1S/C13H13N3O/c1-16-7-6-15-13(16)8-12(17)11-4-2-10(9-14)3-5-11/h2-7,12,17H,8H2,1H3. The molecule has 2 rings (SSSR count). The normalized spacial score (nSPS) is 12.1. The minimum Gasteiger partial charge on any atom is -0.388 e. The van der Waals surface area contributed by atoms with Crippen molar-refractivity contribution in [2.75, 3.05) is 0 Å². The van der Waals surface area contributed by atoms with Gasteiger partial charge in [-0.15, -0.1) is 0 Å². The van der Waals surface area contributed by atoms with Crippen LogP contribution in [0, 0.1) is 11.3 Å². The van der Waals surface area contributed by atoms with Crippen LogP contribution in [0.2, 0.25) is 0 Å². The summed E-state index contributed by atoms with van der Waals surface area (Å²) in [5.74, 6) is 0.835. The summed E-state index contributed by atoms with van der Waals surface area (Å²) in [5.41, 5.74) is 1.39. The smallest absolute Gasteiger partial charge is 0.111 e. The summed E-state index contributed by atoms with van der Waals surface area (Å²) in [5, 5.41) is 18.7. The first kappa shape index (κ1) is 11.4. The van der Waals surface area contributed by atoms with Gasteiger partial charge in [-0.1, -0.05) is 12.1 Å². The van der Waals surface area contributed by atoms with Crippen LogP contribution in [-0.2, 0) is 13.5 Å². The zero-order valence-corrected chi connectivity index (χ0v) is 9.54. The number of rotatable bonds is 3. The van der Waals surface area contributed by atoms with Crippen molar-refractivity contribution in [3.8, 4) is 6.07 Å². The summed E-state index contributed by atoms with van der Waals surface area (Å²) in [6, 6.07) is 9.00. The molecule has 4 heteroatoms. The second-order valence-electron chi connectivity index (χ2n) is 3.91. The minimum atomic E-state index is -0.594. The van der Waals surface area contributed by atoms with Gasteiger partial charge in [0.15, 0.2) is 0 Å². The molecule has 0 radical (unpaired) electrons. The Morgan fingerprint density at radius 1 is 1.41 bits per heavy atom. The van der Waals surface area contributed by atoms with E-state index in [0.717, 1.165) is 11.4 Å². The van der Waals surface area contributed by atoms with Gasteiger partial charge in [-0.05, 0) is 17.7 Å². The van der Waals surface area contributed by atoms with Crippen molar-refractivity contribution >= 4 is 0 Å². The van der Waals surface area contributed by atoms with Crippen molar-refractivity contribution in [2.24, 2.45) is 7.05 Å². The molecule has 2 aromatic rings. The Bertz CT molecular complexity index is 537. The highest BCUT2D eigenvalue weighted by molar-refractivity contribution is 5.32. The Labute approximate surface area is 99.8 Å². The number of benzene rings is 1. The van der Waals surface area contributed by atoms with Crippen LogP contribution >= 0.6 is 0 Å². The predicted molar refractivity (Wildman–Crippen MR) is 63.0 cm³/mol. The van der Waals surface area contributed by atoms with Gasteiger partial charge >= 0.3 is 0 Å². The van der Waals surface area contributed by atoms with Gasteiger partial charge in [-0.3, -0.25) is 0 Å². The van der Waals surface area contributed by atoms with Crippen LogP contribution in [0.1, 0.15) is 23.1 Å². The van der Waals surface area contributed by atoms with E-state index >= 15 is 0 Å². The maximum Gasteiger partial charge on any atom is 0.111 e. The van der Waals surface area contributed by atoms with Gasteiger partial charge in [0.1, 0.15) is 5.82 Å². The maximum atomic E-state index is 10.0. The van der Waals surface area contributed by atoms with E-state index in [1.807, 2.05) is 23.9 Å². The monoisotopic (exact) mass is 227 g/mol. The van der Waals surface area contributed by atoms with Gasteiger partial charge in [0.05, 0.1) is 17.7 Å². The van der Waals surface area contributed by atoms with Crippen LogP contribution in [0.25, 0.3) is 0 Å². The second-order valence-corrected chi connectivity index (χ2v) is 3.91. The molecule has 1 atom stereocenters.